The fourth-order valence-electron chi connectivity index (χ4n) is 0.552. The van der Waals surface area contributed by atoms with Gasteiger partial charge in [-0.2, -0.15) is 4.98 Å². The van der Waals surface area contributed by atoms with Gasteiger partial charge in [-0.05, 0) is 0 Å². The number of aromatic nitrogens is 2. The molecule has 1 rings (SSSR count). The third kappa shape index (κ3) is 2.76. The second-order valence-corrected chi connectivity index (χ2v) is 1.84. The average Bonchev–Trinajstić information content (AvgIpc) is 2.39. The first-order valence-electron chi connectivity index (χ1n) is 2.97. The quantitative estimate of drug-likeness (QED) is 0.597. The van der Waals surface area contributed by atoms with Gasteiger partial charge in [0.1, 0.15) is 0 Å². The Labute approximate surface area is 62.2 Å². The maximum absolute atomic E-state index is 10.0. The van der Waals surface area contributed by atoms with Gasteiger partial charge in [0.2, 0.25) is 6.39 Å². The van der Waals surface area contributed by atoms with E-state index in [4.69, 9.17) is 5.11 Å². The van der Waals surface area contributed by atoms with Crippen LogP contribution in [0.4, 0.5) is 0 Å². The van der Waals surface area contributed by atoms with Crippen LogP contribution in [0.2, 0.25) is 0 Å². The van der Waals surface area contributed by atoms with E-state index >= 15 is 0 Å². The summed E-state index contributed by atoms with van der Waals surface area (Å²) in [7, 11) is 0. The summed E-state index contributed by atoms with van der Waals surface area (Å²) in [5, 5.41) is 14.3. The van der Waals surface area contributed by atoms with Gasteiger partial charge in [-0.25, -0.2) is 0 Å². The predicted octanol–water partition coefficient (Wildman–Crippen LogP) is -0.756. The van der Waals surface area contributed by atoms with E-state index in [0.717, 1.165) is 0 Å². The van der Waals surface area contributed by atoms with Gasteiger partial charge in [0.25, 0.3) is 0 Å². The van der Waals surface area contributed by atoms with E-state index in [1.165, 1.54) is 6.39 Å². The topological polar surface area (TPSA) is 88.2 Å². The highest BCUT2D eigenvalue weighted by Crippen LogP contribution is 1.85. The van der Waals surface area contributed by atoms with E-state index in [1.807, 2.05) is 0 Å². The largest absolute Gasteiger partial charge is 0.480 e. The molecule has 0 aliphatic carbocycles. The number of nitrogens with one attached hydrogen (secondary N) is 1. The van der Waals surface area contributed by atoms with Gasteiger partial charge in [-0.3, -0.25) is 10.1 Å². The average molecular weight is 157 g/mol. The van der Waals surface area contributed by atoms with Crippen LogP contribution in [0.5, 0.6) is 0 Å². The third-order valence-corrected chi connectivity index (χ3v) is 0.966. The molecule has 0 amide bonds. The van der Waals surface area contributed by atoms with Gasteiger partial charge in [-0.1, -0.05) is 5.16 Å². The highest BCUT2D eigenvalue weighted by molar-refractivity contribution is 5.68. The number of rotatable bonds is 4. The van der Waals surface area contributed by atoms with Gasteiger partial charge < -0.3 is 9.63 Å². The van der Waals surface area contributed by atoms with Crippen LogP contribution in [0.3, 0.4) is 0 Å². The molecular weight excluding hydrogens is 150 g/mol. The van der Waals surface area contributed by atoms with Gasteiger partial charge in [0.05, 0.1) is 13.1 Å². The van der Waals surface area contributed by atoms with E-state index in [-0.39, 0.29) is 6.54 Å². The van der Waals surface area contributed by atoms with Gasteiger partial charge in [-0.15, -0.1) is 0 Å². The summed E-state index contributed by atoms with van der Waals surface area (Å²) in [6, 6.07) is 0. The summed E-state index contributed by atoms with van der Waals surface area (Å²) in [5.74, 6) is -0.459. The smallest absolute Gasteiger partial charge is 0.317 e. The Morgan fingerprint density at radius 1 is 1.82 bits per heavy atom. The fraction of sp³-hybridized carbons (Fsp3) is 0.400. The Morgan fingerprint density at radius 2 is 2.64 bits per heavy atom. The number of hydrogen-bond acceptors (Lipinski definition) is 5. The van der Waals surface area contributed by atoms with E-state index in [0.29, 0.717) is 12.4 Å². The molecule has 0 atom stereocenters. The Bertz CT molecular complexity index is 221. The van der Waals surface area contributed by atoms with Crippen molar-refractivity contribution in [2.24, 2.45) is 0 Å². The molecule has 1 heterocycles. The molecule has 6 heteroatoms. The lowest BCUT2D eigenvalue weighted by Gasteiger charge is -1.93. The molecule has 6 nitrogen and oxygen atoms in total. The maximum atomic E-state index is 10.0. The van der Waals surface area contributed by atoms with Crippen molar-refractivity contribution >= 4 is 5.97 Å². The summed E-state index contributed by atoms with van der Waals surface area (Å²) >= 11 is 0. The minimum atomic E-state index is -0.909. The lowest BCUT2D eigenvalue weighted by Crippen LogP contribution is -2.22. The van der Waals surface area contributed by atoms with Crippen LogP contribution in [0.15, 0.2) is 10.9 Å². The third-order valence-electron chi connectivity index (χ3n) is 0.966. The molecule has 11 heavy (non-hydrogen) atoms. The maximum Gasteiger partial charge on any atom is 0.317 e. The Hall–Kier alpha value is -1.43. The first-order valence-corrected chi connectivity index (χ1v) is 2.97. The van der Waals surface area contributed by atoms with Crippen molar-refractivity contribution in [1.82, 2.24) is 15.5 Å². The van der Waals surface area contributed by atoms with Crippen molar-refractivity contribution in [3.63, 3.8) is 0 Å². The number of carboxylic acids is 1. The highest BCUT2D eigenvalue weighted by atomic mass is 16.5. The predicted molar refractivity (Wildman–Crippen MR) is 33.6 cm³/mol. The molecule has 0 bridgehead atoms. The van der Waals surface area contributed by atoms with E-state index in [2.05, 4.69) is 20.0 Å². The van der Waals surface area contributed by atoms with Crippen LogP contribution >= 0.6 is 0 Å². The minimum Gasteiger partial charge on any atom is -0.480 e. The molecule has 1 aromatic rings. The summed E-state index contributed by atoms with van der Waals surface area (Å²) in [5.41, 5.74) is 0. The van der Waals surface area contributed by atoms with Crippen LogP contribution in [0.1, 0.15) is 5.82 Å². The van der Waals surface area contributed by atoms with Gasteiger partial charge in [0, 0.05) is 0 Å². The number of carbonyl (C=O) groups is 1. The molecule has 60 valence electrons. The summed E-state index contributed by atoms with van der Waals surface area (Å²) < 4.78 is 4.42. The molecule has 0 unspecified atom stereocenters. The SMILES string of the molecule is O=C(O)CNCc1ncon1. The molecule has 1 aromatic heterocycles. The van der Waals surface area contributed by atoms with Crippen LogP contribution < -0.4 is 5.32 Å². The lowest BCUT2D eigenvalue weighted by atomic mass is 10.5. The van der Waals surface area contributed by atoms with Crippen molar-refractivity contribution in [1.29, 1.82) is 0 Å². The molecule has 2 N–H and O–H groups in total. The second kappa shape index (κ2) is 3.67. The Morgan fingerprint density at radius 3 is 3.18 bits per heavy atom. The van der Waals surface area contributed by atoms with Crippen molar-refractivity contribution in [2.75, 3.05) is 6.54 Å². The van der Waals surface area contributed by atoms with Crippen LogP contribution in [-0.2, 0) is 11.3 Å². The van der Waals surface area contributed by atoms with E-state index in [9.17, 15) is 4.79 Å². The number of aliphatic carboxylic acids is 1. The van der Waals surface area contributed by atoms with Crippen LogP contribution in [0, 0.1) is 0 Å². The van der Waals surface area contributed by atoms with Gasteiger partial charge in [0.15, 0.2) is 5.82 Å². The standard InChI is InChI=1S/C5H7N3O3/c9-5(10)2-6-1-4-7-3-11-8-4/h3,6H,1-2H2,(H,9,10). The number of nitrogens with zero attached hydrogens (tertiary/aromatic N) is 2. The first-order chi connectivity index (χ1) is 5.29. The molecule has 0 aromatic carbocycles. The van der Waals surface area contributed by atoms with Crippen molar-refractivity contribution in [3.8, 4) is 0 Å². The summed E-state index contributed by atoms with van der Waals surface area (Å²) in [4.78, 5) is 13.7. The molecule has 0 saturated carbocycles. The van der Waals surface area contributed by atoms with E-state index in [1.54, 1.807) is 0 Å². The summed E-state index contributed by atoms with van der Waals surface area (Å²) in [6.45, 7) is 0.206. The summed E-state index contributed by atoms with van der Waals surface area (Å²) in [6.07, 6.45) is 1.19. The van der Waals surface area contributed by atoms with Crippen LogP contribution in [0.25, 0.3) is 0 Å². The van der Waals surface area contributed by atoms with Crippen molar-refractivity contribution in [3.05, 3.63) is 12.2 Å². The molecule has 0 aliphatic rings. The van der Waals surface area contributed by atoms with E-state index < -0.39 is 5.97 Å². The minimum absolute atomic E-state index is 0.103. The zero-order valence-electron chi connectivity index (χ0n) is 5.65. The highest BCUT2D eigenvalue weighted by Gasteiger charge is 1.98. The molecular formula is C5H7N3O3. The zero-order chi connectivity index (χ0) is 8.10. The first kappa shape index (κ1) is 7.67. The van der Waals surface area contributed by atoms with Crippen molar-refractivity contribution in [2.45, 2.75) is 6.54 Å². The second-order valence-electron chi connectivity index (χ2n) is 1.84. The normalized spacial score (nSPS) is 9.82. The number of carboxylic acid groups (broad SMARTS) is 1. The van der Waals surface area contributed by atoms with Crippen LogP contribution in [-0.4, -0.2) is 27.8 Å². The number of hydrogen-bond donors (Lipinski definition) is 2. The lowest BCUT2D eigenvalue weighted by molar-refractivity contribution is -0.136. The molecule has 0 spiro atoms. The Kier molecular flexibility index (Phi) is 2.56. The molecule has 0 fully saturated rings. The molecule has 0 saturated heterocycles. The molecule has 0 aliphatic heterocycles. The molecule has 0 radical (unpaired) electrons. The fourth-order valence-corrected chi connectivity index (χ4v) is 0.552. The monoisotopic (exact) mass is 157 g/mol. The van der Waals surface area contributed by atoms with Gasteiger partial charge >= 0.3 is 5.97 Å². The Balaban J connectivity index is 2.19. The van der Waals surface area contributed by atoms with Crippen molar-refractivity contribution < 1.29 is 14.4 Å². The zero-order valence-corrected chi connectivity index (χ0v) is 5.65.